The summed E-state index contributed by atoms with van der Waals surface area (Å²) in [6, 6.07) is 13.1. The van der Waals surface area contributed by atoms with E-state index in [4.69, 9.17) is 0 Å². The van der Waals surface area contributed by atoms with E-state index in [0.29, 0.717) is 22.9 Å². The van der Waals surface area contributed by atoms with Gasteiger partial charge in [0.2, 0.25) is 5.91 Å². The molecule has 1 saturated carbocycles. The minimum atomic E-state index is -0.202. The van der Waals surface area contributed by atoms with E-state index in [9.17, 15) is 14.4 Å². The van der Waals surface area contributed by atoms with Crippen molar-refractivity contribution in [1.82, 2.24) is 5.32 Å². The summed E-state index contributed by atoms with van der Waals surface area (Å²) in [6.07, 6.45) is 6.93. The Morgan fingerprint density at radius 2 is 1.52 bits per heavy atom. The maximum Gasteiger partial charge on any atom is 0.251 e. The molecule has 0 saturated heterocycles. The smallest absolute Gasteiger partial charge is 0.251 e. The first-order chi connectivity index (χ1) is 14.1. The van der Waals surface area contributed by atoms with Gasteiger partial charge in [0, 0.05) is 35.7 Å². The Balaban J connectivity index is 1.27. The van der Waals surface area contributed by atoms with E-state index in [1.807, 2.05) is 12.1 Å². The predicted molar refractivity (Wildman–Crippen MR) is 112 cm³/mol. The van der Waals surface area contributed by atoms with Crippen molar-refractivity contribution in [3.8, 4) is 0 Å². The Morgan fingerprint density at radius 1 is 0.828 bits per heavy atom. The number of anilines is 1. The van der Waals surface area contributed by atoms with Crippen LogP contribution in [0.15, 0.2) is 42.5 Å². The van der Waals surface area contributed by atoms with Gasteiger partial charge in [0.25, 0.3) is 5.91 Å². The molecule has 5 heteroatoms. The highest BCUT2D eigenvalue weighted by molar-refractivity contribution is 6.00. The number of hydrogen-bond donors (Lipinski definition) is 2. The molecule has 2 N–H and O–H groups in total. The van der Waals surface area contributed by atoms with Crippen LogP contribution in [0.5, 0.6) is 0 Å². The second-order valence-corrected chi connectivity index (χ2v) is 7.99. The highest BCUT2D eigenvalue weighted by Gasteiger charge is 2.23. The molecule has 0 aliphatic heterocycles. The van der Waals surface area contributed by atoms with Crippen molar-refractivity contribution in [2.24, 2.45) is 0 Å². The molecule has 2 aromatic carbocycles. The summed E-state index contributed by atoms with van der Waals surface area (Å²) >= 11 is 0. The molecule has 150 valence electrons. The van der Waals surface area contributed by atoms with Gasteiger partial charge in [0.1, 0.15) is 0 Å². The molecular weight excluding hydrogens is 364 g/mol. The van der Waals surface area contributed by atoms with Crippen molar-refractivity contribution >= 4 is 23.3 Å². The molecule has 4 rings (SSSR count). The van der Waals surface area contributed by atoms with Crippen LogP contribution >= 0.6 is 0 Å². The zero-order chi connectivity index (χ0) is 20.2. The second kappa shape index (κ2) is 8.60. The fraction of sp³-hybridized carbons (Fsp3) is 0.375. The monoisotopic (exact) mass is 390 g/mol. The molecule has 0 radical (unpaired) electrons. The minimum absolute atomic E-state index is 0.000573. The molecule has 0 bridgehead atoms. The molecule has 0 heterocycles. The van der Waals surface area contributed by atoms with Gasteiger partial charge in [-0.05, 0) is 80.0 Å². The van der Waals surface area contributed by atoms with Crippen molar-refractivity contribution in [2.45, 2.75) is 57.4 Å². The molecule has 29 heavy (non-hydrogen) atoms. The number of carbonyl (C=O) groups excluding carboxylic acids is 3. The maximum absolute atomic E-state index is 12.5. The Hall–Kier alpha value is -2.95. The van der Waals surface area contributed by atoms with Gasteiger partial charge in [-0.1, -0.05) is 12.1 Å². The van der Waals surface area contributed by atoms with Crippen LogP contribution in [0.25, 0.3) is 0 Å². The summed E-state index contributed by atoms with van der Waals surface area (Å²) in [5.41, 5.74) is 4.53. The predicted octanol–water partition coefficient (Wildman–Crippen LogP) is 4.06. The molecule has 0 unspecified atom stereocenters. The Labute approximate surface area is 170 Å². The third-order valence-electron chi connectivity index (χ3n) is 5.59. The van der Waals surface area contributed by atoms with Crippen LogP contribution in [0, 0.1) is 0 Å². The number of amides is 2. The van der Waals surface area contributed by atoms with Crippen molar-refractivity contribution in [2.75, 3.05) is 5.32 Å². The number of nitrogens with one attached hydrogen (secondary N) is 2. The summed E-state index contributed by atoms with van der Waals surface area (Å²) in [7, 11) is 0. The minimum Gasteiger partial charge on any atom is -0.349 e. The first-order valence-corrected chi connectivity index (χ1v) is 10.4. The quantitative estimate of drug-likeness (QED) is 0.700. The van der Waals surface area contributed by atoms with E-state index in [0.717, 1.165) is 25.7 Å². The van der Waals surface area contributed by atoms with Crippen LogP contribution in [-0.2, 0) is 17.6 Å². The van der Waals surface area contributed by atoms with Crippen LogP contribution in [0.4, 0.5) is 5.69 Å². The van der Waals surface area contributed by atoms with Crippen molar-refractivity contribution in [3.63, 3.8) is 0 Å². The lowest BCUT2D eigenvalue weighted by molar-refractivity contribution is -0.116. The van der Waals surface area contributed by atoms with Gasteiger partial charge >= 0.3 is 0 Å². The number of ketones is 1. The molecule has 0 spiro atoms. The van der Waals surface area contributed by atoms with Crippen LogP contribution in [-0.4, -0.2) is 23.6 Å². The van der Waals surface area contributed by atoms with Crippen LogP contribution in [0.1, 0.15) is 70.4 Å². The lowest BCUT2D eigenvalue weighted by atomic mass is 9.89. The number of benzene rings is 2. The molecule has 2 aliphatic rings. The maximum atomic E-state index is 12.5. The average molecular weight is 390 g/mol. The Kier molecular flexibility index (Phi) is 5.74. The third-order valence-corrected chi connectivity index (χ3v) is 5.59. The van der Waals surface area contributed by atoms with Gasteiger partial charge < -0.3 is 10.6 Å². The molecule has 2 aliphatic carbocycles. The van der Waals surface area contributed by atoms with E-state index in [-0.39, 0.29) is 30.4 Å². The first kappa shape index (κ1) is 19.4. The van der Waals surface area contributed by atoms with E-state index in [2.05, 4.69) is 16.7 Å². The number of Topliss-reactive ketones (excluding diaryl/α,β-unsaturated/α-hetero) is 1. The highest BCUT2D eigenvalue weighted by atomic mass is 16.2. The Morgan fingerprint density at radius 3 is 2.24 bits per heavy atom. The Bertz CT molecular complexity index is 930. The summed E-state index contributed by atoms with van der Waals surface area (Å²) in [4.78, 5) is 36.7. The molecule has 0 atom stereocenters. The van der Waals surface area contributed by atoms with Crippen molar-refractivity contribution < 1.29 is 14.4 Å². The largest absolute Gasteiger partial charge is 0.349 e. The third kappa shape index (κ3) is 5.11. The summed E-state index contributed by atoms with van der Waals surface area (Å²) < 4.78 is 0. The van der Waals surface area contributed by atoms with Crippen LogP contribution in [0.2, 0.25) is 0 Å². The van der Waals surface area contributed by atoms with Gasteiger partial charge in [-0.2, -0.15) is 0 Å². The molecule has 1 fully saturated rings. The molecule has 5 nitrogen and oxygen atoms in total. The lowest BCUT2D eigenvalue weighted by Gasteiger charge is -2.16. The first-order valence-electron chi connectivity index (χ1n) is 10.4. The molecular formula is C24H26N2O3. The zero-order valence-electron chi connectivity index (χ0n) is 16.5. The van der Waals surface area contributed by atoms with Gasteiger partial charge in [0.05, 0.1) is 0 Å². The average Bonchev–Trinajstić information content (AvgIpc) is 3.56. The summed E-state index contributed by atoms with van der Waals surface area (Å²) in [5, 5.41) is 5.73. The van der Waals surface area contributed by atoms with Gasteiger partial charge in [0.15, 0.2) is 5.78 Å². The van der Waals surface area contributed by atoms with Crippen molar-refractivity contribution in [1.29, 1.82) is 0 Å². The number of carbonyl (C=O) groups is 3. The van der Waals surface area contributed by atoms with Crippen LogP contribution in [0.3, 0.4) is 0 Å². The number of rotatable bonds is 7. The highest BCUT2D eigenvalue weighted by Crippen LogP contribution is 2.23. The van der Waals surface area contributed by atoms with Gasteiger partial charge in [-0.3, -0.25) is 14.4 Å². The summed E-state index contributed by atoms with van der Waals surface area (Å²) in [6.45, 7) is 0. The molecule has 2 aromatic rings. The van der Waals surface area contributed by atoms with Gasteiger partial charge in [-0.15, -0.1) is 0 Å². The standard InChI is InChI=1S/C24H26N2O3/c27-22(19-6-5-16-3-1-2-4-18(16)15-19)13-14-23(28)25-20-9-7-17(8-10-20)24(29)26-21-11-12-21/h5-10,15,21H,1-4,11-14H2,(H,25,28)(H,26,29). The summed E-state index contributed by atoms with van der Waals surface area (Å²) in [5.74, 6) is -0.284. The number of aryl methyl sites for hydroxylation is 2. The van der Waals surface area contributed by atoms with E-state index in [1.54, 1.807) is 24.3 Å². The molecule has 2 amide bonds. The van der Waals surface area contributed by atoms with E-state index >= 15 is 0 Å². The number of fused-ring (bicyclic) bond motifs is 1. The van der Waals surface area contributed by atoms with E-state index in [1.165, 1.54) is 24.0 Å². The normalized spacial score (nSPS) is 15.3. The van der Waals surface area contributed by atoms with E-state index < -0.39 is 0 Å². The fourth-order valence-corrected chi connectivity index (χ4v) is 3.70. The topological polar surface area (TPSA) is 75.3 Å². The van der Waals surface area contributed by atoms with Gasteiger partial charge in [-0.25, -0.2) is 0 Å². The lowest BCUT2D eigenvalue weighted by Crippen LogP contribution is -2.25. The zero-order valence-corrected chi connectivity index (χ0v) is 16.5. The van der Waals surface area contributed by atoms with Crippen LogP contribution < -0.4 is 10.6 Å². The SMILES string of the molecule is O=C(CCC(=O)c1ccc2c(c1)CCCC2)Nc1ccc(C(=O)NC2CC2)cc1. The number of hydrogen-bond acceptors (Lipinski definition) is 3. The fourth-order valence-electron chi connectivity index (χ4n) is 3.70. The second-order valence-electron chi connectivity index (χ2n) is 7.99. The molecule has 0 aromatic heterocycles. The van der Waals surface area contributed by atoms with Crippen molar-refractivity contribution in [3.05, 3.63) is 64.7 Å².